The van der Waals surface area contributed by atoms with Gasteiger partial charge in [-0.25, -0.2) is 10.5 Å². The number of carbonyl (C=O) groups is 3. The van der Waals surface area contributed by atoms with E-state index in [4.69, 9.17) is 14.4 Å². The molecule has 0 aliphatic rings. The monoisotopic (exact) mass is 422 g/mol. The highest BCUT2D eigenvalue weighted by Gasteiger charge is 2.16. The predicted octanol–water partition coefficient (Wildman–Crippen LogP) is 2.45. The van der Waals surface area contributed by atoms with Gasteiger partial charge in [-0.3, -0.25) is 19.6 Å². The molecule has 0 aliphatic heterocycles. The van der Waals surface area contributed by atoms with Crippen LogP contribution in [0.25, 0.3) is 17.4 Å². The van der Waals surface area contributed by atoms with Gasteiger partial charge in [0.2, 0.25) is 0 Å². The second-order valence-electron chi connectivity index (χ2n) is 6.12. The Balaban J connectivity index is 1.65. The zero-order valence-electron chi connectivity index (χ0n) is 16.3. The number of carbonyl (C=O) groups excluding carboxylic acids is 3. The summed E-state index contributed by atoms with van der Waals surface area (Å²) in [6.45, 7) is 0. The Morgan fingerprint density at radius 2 is 1.71 bits per heavy atom. The van der Waals surface area contributed by atoms with Gasteiger partial charge in [0.25, 0.3) is 5.91 Å². The first-order valence-electron chi connectivity index (χ1n) is 8.91. The topological polar surface area (TPSA) is 143 Å². The number of benzene rings is 2. The van der Waals surface area contributed by atoms with Gasteiger partial charge in [-0.05, 0) is 42.0 Å². The highest BCUT2D eigenvalue weighted by atomic mass is 16.5. The molecule has 4 N–H and O–H groups in total. The Labute approximate surface area is 176 Å². The van der Waals surface area contributed by atoms with Crippen LogP contribution in [0.1, 0.15) is 5.56 Å². The first-order valence-corrected chi connectivity index (χ1v) is 8.91. The van der Waals surface area contributed by atoms with Crippen LogP contribution in [0.5, 0.6) is 5.75 Å². The summed E-state index contributed by atoms with van der Waals surface area (Å²) < 4.78 is 10.6. The van der Waals surface area contributed by atoms with Crippen molar-refractivity contribution in [2.75, 3.05) is 17.7 Å². The molecule has 158 valence electrons. The fourth-order valence-electron chi connectivity index (χ4n) is 2.59. The molecule has 0 spiro atoms. The van der Waals surface area contributed by atoms with Crippen molar-refractivity contribution < 1.29 is 28.7 Å². The van der Waals surface area contributed by atoms with E-state index in [2.05, 4.69) is 15.6 Å². The van der Waals surface area contributed by atoms with Crippen LogP contribution in [0.3, 0.4) is 0 Å². The zero-order chi connectivity index (χ0) is 22.2. The number of rotatable bonds is 6. The quantitative estimate of drug-likeness (QED) is 0.207. The molecule has 0 bridgehead atoms. The molecule has 0 aliphatic carbocycles. The van der Waals surface area contributed by atoms with Crippen molar-refractivity contribution in [3.8, 4) is 17.1 Å². The maximum atomic E-state index is 12.3. The zero-order valence-corrected chi connectivity index (χ0v) is 16.3. The number of hydroxylamine groups is 1. The van der Waals surface area contributed by atoms with Crippen molar-refractivity contribution in [1.29, 1.82) is 0 Å². The second-order valence-corrected chi connectivity index (χ2v) is 6.12. The lowest BCUT2D eigenvalue weighted by Gasteiger charge is -2.10. The van der Waals surface area contributed by atoms with E-state index in [0.29, 0.717) is 34.0 Å². The molecule has 0 atom stereocenters. The molecule has 3 rings (SSSR count). The Hall–Kier alpha value is -4.44. The van der Waals surface area contributed by atoms with Crippen LogP contribution < -0.4 is 20.9 Å². The Kier molecular flexibility index (Phi) is 6.76. The lowest BCUT2D eigenvalue weighted by Crippen LogP contribution is -2.29. The number of methoxy groups -OCH3 is 1. The average molecular weight is 422 g/mol. The van der Waals surface area contributed by atoms with E-state index in [1.165, 1.54) is 31.3 Å². The SMILES string of the molecule is COc1ccc(NC(=O)C(=O)Nc2ccc(/C=C/C(=O)NO)cc2)cc1-c1cnco1. The highest BCUT2D eigenvalue weighted by molar-refractivity contribution is 6.43. The van der Waals surface area contributed by atoms with Gasteiger partial charge in [-0.2, -0.15) is 0 Å². The number of amides is 3. The summed E-state index contributed by atoms with van der Waals surface area (Å²) in [5, 5.41) is 13.5. The van der Waals surface area contributed by atoms with Crippen molar-refractivity contribution in [2.24, 2.45) is 0 Å². The van der Waals surface area contributed by atoms with Gasteiger partial charge in [0, 0.05) is 17.5 Å². The minimum atomic E-state index is -0.864. The second kappa shape index (κ2) is 9.85. The first-order chi connectivity index (χ1) is 15.0. The molecule has 10 nitrogen and oxygen atoms in total. The lowest BCUT2D eigenvalue weighted by atomic mass is 10.1. The molecule has 3 aromatic rings. The molecule has 3 amide bonds. The van der Waals surface area contributed by atoms with Crippen molar-refractivity contribution in [3.05, 3.63) is 66.7 Å². The summed E-state index contributed by atoms with van der Waals surface area (Å²) in [5.41, 5.74) is 3.46. The van der Waals surface area contributed by atoms with Crippen molar-refractivity contribution in [3.63, 3.8) is 0 Å². The third-order valence-corrected chi connectivity index (χ3v) is 4.07. The van der Waals surface area contributed by atoms with Gasteiger partial charge >= 0.3 is 11.8 Å². The summed E-state index contributed by atoms with van der Waals surface area (Å²) in [4.78, 5) is 39.3. The molecule has 0 unspecified atom stereocenters. The average Bonchev–Trinajstić information content (AvgIpc) is 3.33. The fourth-order valence-corrected chi connectivity index (χ4v) is 2.59. The third-order valence-electron chi connectivity index (χ3n) is 4.07. The summed E-state index contributed by atoms with van der Waals surface area (Å²) in [5.74, 6) is -1.43. The number of nitrogens with one attached hydrogen (secondary N) is 3. The largest absolute Gasteiger partial charge is 0.496 e. The number of anilines is 2. The van der Waals surface area contributed by atoms with E-state index in [9.17, 15) is 14.4 Å². The fraction of sp³-hybridized carbons (Fsp3) is 0.0476. The van der Waals surface area contributed by atoms with E-state index < -0.39 is 17.7 Å². The van der Waals surface area contributed by atoms with Crippen LogP contribution in [0, 0.1) is 0 Å². The summed E-state index contributed by atoms with van der Waals surface area (Å²) >= 11 is 0. The van der Waals surface area contributed by atoms with Gasteiger partial charge in [-0.15, -0.1) is 0 Å². The van der Waals surface area contributed by atoms with Crippen LogP contribution in [0.2, 0.25) is 0 Å². The Morgan fingerprint density at radius 1 is 1.03 bits per heavy atom. The molecule has 1 heterocycles. The molecule has 0 radical (unpaired) electrons. The summed E-state index contributed by atoms with van der Waals surface area (Å²) in [6, 6.07) is 11.2. The number of hydrogen-bond acceptors (Lipinski definition) is 7. The van der Waals surface area contributed by atoms with Crippen molar-refractivity contribution in [2.45, 2.75) is 0 Å². The molecule has 0 saturated carbocycles. The number of ether oxygens (including phenoxy) is 1. The van der Waals surface area contributed by atoms with Gasteiger partial charge in [-0.1, -0.05) is 12.1 Å². The maximum absolute atomic E-state index is 12.3. The smallest absolute Gasteiger partial charge is 0.314 e. The Morgan fingerprint density at radius 3 is 2.32 bits per heavy atom. The molecule has 2 aromatic carbocycles. The maximum Gasteiger partial charge on any atom is 0.314 e. The van der Waals surface area contributed by atoms with Gasteiger partial charge in [0.05, 0.1) is 18.9 Å². The van der Waals surface area contributed by atoms with Crippen LogP contribution in [-0.2, 0) is 14.4 Å². The normalized spacial score (nSPS) is 10.5. The molecular formula is C21H18N4O6. The van der Waals surface area contributed by atoms with Crippen LogP contribution in [-0.4, -0.2) is 35.0 Å². The summed E-state index contributed by atoms with van der Waals surface area (Å²) in [7, 11) is 1.50. The molecule has 31 heavy (non-hydrogen) atoms. The van der Waals surface area contributed by atoms with Crippen molar-refractivity contribution in [1.82, 2.24) is 10.5 Å². The Bertz CT molecular complexity index is 1110. The molecule has 1 aromatic heterocycles. The third kappa shape index (κ3) is 5.55. The molecule has 0 saturated heterocycles. The highest BCUT2D eigenvalue weighted by Crippen LogP contribution is 2.32. The van der Waals surface area contributed by atoms with Crippen molar-refractivity contribution >= 4 is 35.2 Å². The van der Waals surface area contributed by atoms with E-state index in [1.54, 1.807) is 42.5 Å². The van der Waals surface area contributed by atoms with E-state index in [-0.39, 0.29) is 0 Å². The van der Waals surface area contributed by atoms with Gasteiger partial charge < -0.3 is 19.8 Å². The number of hydrogen-bond donors (Lipinski definition) is 4. The minimum Gasteiger partial charge on any atom is -0.496 e. The summed E-state index contributed by atoms with van der Waals surface area (Å²) in [6.07, 6.45) is 5.39. The molecular weight excluding hydrogens is 404 g/mol. The van der Waals surface area contributed by atoms with Crippen LogP contribution in [0.4, 0.5) is 11.4 Å². The van der Waals surface area contributed by atoms with Gasteiger partial charge in [0.1, 0.15) is 5.75 Å². The first kappa shape index (κ1) is 21.3. The number of nitrogens with zero attached hydrogens (tertiary/aromatic N) is 1. The minimum absolute atomic E-state index is 0.370. The van der Waals surface area contributed by atoms with E-state index >= 15 is 0 Å². The predicted molar refractivity (Wildman–Crippen MR) is 111 cm³/mol. The van der Waals surface area contributed by atoms with Crippen LogP contribution >= 0.6 is 0 Å². The lowest BCUT2D eigenvalue weighted by molar-refractivity contribution is -0.132. The molecule has 10 heteroatoms. The van der Waals surface area contributed by atoms with Gasteiger partial charge in [0.15, 0.2) is 12.2 Å². The number of aromatic nitrogens is 1. The molecule has 0 fully saturated rings. The van der Waals surface area contributed by atoms with E-state index in [1.807, 2.05) is 0 Å². The van der Waals surface area contributed by atoms with Crippen LogP contribution in [0.15, 0.2) is 65.5 Å². The number of oxazole rings is 1. The standard InChI is InChI=1S/C21H18N4O6/c1-30-17-8-7-15(10-16(17)18-11-22-12-31-18)24-21(28)20(27)23-14-5-2-13(3-6-14)4-9-19(26)25-29/h2-12,29H,1H3,(H,23,27)(H,24,28)(H,25,26)/b9-4+. The van der Waals surface area contributed by atoms with E-state index in [0.717, 1.165) is 6.08 Å².